The maximum Gasteiger partial charge on any atom is 0.327 e. The number of carbonyl (C=O) groups excluding carboxylic acids is 3. The molecule has 6 atom stereocenters. The van der Waals surface area contributed by atoms with Gasteiger partial charge in [0.15, 0.2) is 6.04 Å². The number of amides is 2. The Hall–Kier alpha value is -3.81. The highest BCUT2D eigenvalue weighted by atomic mass is 16.8. The van der Waals surface area contributed by atoms with Crippen molar-refractivity contribution in [1.29, 1.82) is 0 Å². The zero-order chi connectivity index (χ0) is 30.0. The molecule has 2 bridgehead atoms. The van der Waals surface area contributed by atoms with Gasteiger partial charge < -0.3 is 35.1 Å². The van der Waals surface area contributed by atoms with Crippen LogP contribution in [0.15, 0.2) is 54.6 Å². The summed E-state index contributed by atoms with van der Waals surface area (Å²) in [5.41, 5.74) is 1.38. The van der Waals surface area contributed by atoms with Gasteiger partial charge in [0, 0.05) is 25.9 Å². The Balaban J connectivity index is 1.17. The van der Waals surface area contributed by atoms with E-state index in [0.717, 1.165) is 16.7 Å². The number of aliphatic hydroxyl groups excluding tert-OH is 1. The summed E-state index contributed by atoms with van der Waals surface area (Å²) >= 11 is 0. The number of benzene rings is 2. The van der Waals surface area contributed by atoms with Gasteiger partial charge in [-0.15, -0.1) is 0 Å². The molecule has 1 saturated carbocycles. The van der Waals surface area contributed by atoms with Crippen LogP contribution >= 0.6 is 0 Å². The molecule has 0 radical (unpaired) electrons. The number of allylic oxidation sites excluding steroid dienone is 1. The third-order valence-corrected chi connectivity index (χ3v) is 8.52. The van der Waals surface area contributed by atoms with Crippen LogP contribution in [0.25, 0.3) is 6.08 Å². The van der Waals surface area contributed by atoms with Gasteiger partial charge in [0.2, 0.25) is 11.8 Å². The highest BCUT2D eigenvalue weighted by Crippen LogP contribution is 2.55. The first-order valence-corrected chi connectivity index (χ1v) is 14.5. The average Bonchev–Trinajstić information content (AvgIpc) is 3.63. The minimum absolute atomic E-state index is 0.00943. The Bertz CT molecular complexity index is 1380. The Morgan fingerprint density at radius 2 is 1.84 bits per heavy atom. The molecule has 43 heavy (non-hydrogen) atoms. The van der Waals surface area contributed by atoms with Gasteiger partial charge in [0.1, 0.15) is 42.4 Å². The van der Waals surface area contributed by atoms with Gasteiger partial charge in [-0.3, -0.25) is 19.2 Å². The second kappa shape index (κ2) is 12.4. The zero-order valence-corrected chi connectivity index (χ0v) is 23.5. The van der Waals surface area contributed by atoms with E-state index < -0.39 is 47.7 Å². The minimum Gasteiger partial charge on any atom is -0.508 e. The summed E-state index contributed by atoms with van der Waals surface area (Å²) in [6, 6.07) is 14.0. The van der Waals surface area contributed by atoms with Crippen LogP contribution < -0.4 is 10.6 Å². The van der Waals surface area contributed by atoms with Crippen LogP contribution in [0.3, 0.4) is 0 Å². The molecule has 2 amide bonds. The van der Waals surface area contributed by atoms with E-state index >= 15 is 0 Å². The molecule has 4 fully saturated rings. The van der Waals surface area contributed by atoms with Gasteiger partial charge in [-0.1, -0.05) is 54.6 Å². The standard InChI is InChI=1S/C31H35N3O9/c35-15-14-32-24(37)12-13-33-30(39)31-16-23-25-26(41-18-40-25)28(31)43-34(27(31)29(38)42-23)17-20-10-8-19(9-11-20)4-3-6-21-5-1-2-7-22(21)36/h1-5,7-11,23,25-28,35-36H,6,12-18H2,(H,32,37)(H,33,39)/t23-,25+,26+,27+,28-,31+/m1/s1. The van der Waals surface area contributed by atoms with E-state index in [1.807, 2.05) is 48.6 Å². The molecule has 4 N–H and O–H groups in total. The number of ether oxygens (including phenoxy) is 3. The number of rotatable bonds is 11. The van der Waals surface area contributed by atoms with Crippen molar-refractivity contribution in [1.82, 2.24) is 15.7 Å². The van der Waals surface area contributed by atoms with Gasteiger partial charge in [-0.25, -0.2) is 0 Å². The lowest BCUT2D eigenvalue weighted by molar-refractivity contribution is -0.201. The normalized spacial score (nSPS) is 29.3. The summed E-state index contributed by atoms with van der Waals surface area (Å²) in [6.45, 7) is 0.245. The number of fused-ring (bicyclic) bond motifs is 4. The predicted octanol–water partition coefficient (Wildman–Crippen LogP) is 0.804. The summed E-state index contributed by atoms with van der Waals surface area (Å²) in [7, 11) is 0. The summed E-state index contributed by atoms with van der Waals surface area (Å²) in [4.78, 5) is 45.7. The Kier molecular flexibility index (Phi) is 8.46. The molecule has 0 aromatic heterocycles. The average molecular weight is 594 g/mol. The second-order valence-electron chi connectivity index (χ2n) is 11.2. The van der Waals surface area contributed by atoms with Gasteiger partial charge in [-0.2, -0.15) is 5.06 Å². The van der Waals surface area contributed by atoms with Crippen LogP contribution in [0.1, 0.15) is 29.5 Å². The number of nitrogens with zero attached hydrogens (tertiary/aromatic N) is 1. The Morgan fingerprint density at radius 3 is 2.63 bits per heavy atom. The van der Waals surface area contributed by atoms with Crippen molar-refractivity contribution in [3.63, 3.8) is 0 Å². The molecule has 12 heteroatoms. The number of hydrogen-bond acceptors (Lipinski definition) is 10. The lowest BCUT2D eigenvalue weighted by atomic mass is 9.62. The molecule has 228 valence electrons. The van der Waals surface area contributed by atoms with Crippen molar-refractivity contribution in [2.45, 2.75) is 56.3 Å². The van der Waals surface area contributed by atoms with E-state index in [0.29, 0.717) is 6.42 Å². The fourth-order valence-corrected chi connectivity index (χ4v) is 6.49. The van der Waals surface area contributed by atoms with Crippen LogP contribution in [-0.2, 0) is 46.4 Å². The predicted molar refractivity (Wildman–Crippen MR) is 151 cm³/mol. The number of nitrogens with one attached hydrogen (secondary N) is 2. The first-order chi connectivity index (χ1) is 20.9. The molecule has 2 aromatic rings. The molecule has 2 aromatic carbocycles. The van der Waals surface area contributed by atoms with Crippen molar-refractivity contribution >= 4 is 23.9 Å². The van der Waals surface area contributed by atoms with Crippen molar-refractivity contribution < 1.29 is 43.6 Å². The van der Waals surface area contributed by atoms with E-state index in [9.17, 15) is 19.5 Å². The van der Waals surface area contributed by atoms with Crippen LogP contribution in [0.5, 0.6) is 5.75 Å². The lowest BCUT2D eigenvalue weighted by Gasteiger charge is -2.48. The zero-order valence-electron chi connectivity index (χ0n) is 23.5. The summed E-state index contributed by atoms with van der Waals surface area (Å²) < 4.78 is 17.4. The fourth-order valence-electron chi connectivity index (χ4n) is 6.49. The summed E-state index contributed by atoms with van der Waals surface area (Å²) in [5.74, 6) is -1.01. The van der Waals surface area contributed by atoms with Crippen molar-refractivity contribution in [3.8, 4) is 5.75 Å². The molecule has 12 nitrogen and oxygen atoms in total. The fraction of sp³-hybridized carbons (Fsp3) is 0.452. The Labute approximate surface area is 248 Å². The third-order valence-electron chi connectivity index (χ3n) is 8.52. The van der Waals surface area contributed by atoms with Crippen molar-refractivity contribution in [2.75, 3.05) is 26.5 Å². The number of carbonyl (C=O) groups is 3. The summed E-state index contributed by atoms with van der Waals surface area (Å²) in [6.07, 6.45) is 2.19. The molecule has 0 spiro atoms. The van der Waals surface area contributed by atoms with Crippen LogP contribution in [0.4, 0.5) is 0 Å². The molecule has 3 saturated heterocycles. The van der Waals surface area contributed by atoms with Gasteiger partial charge in [0.05, 0.1) is 13.2 Å². The number of aromatic hydroxyl groups is 1. The number of aliphatic hydroxyl groups is 1. The van der Waals surface area contributed by atoms with Crippen molar-refractivity contribution in [2.24, 2.45) is 5.41 Å². The van der Waals surface area contributed by atoms with Gasteiger partial charge >= 0.3 is 5.97 Å². The number of hydroxylamine groups is 2. The van der Waals surface area contributed by atoms with E-state index in [2.05, 4.69) is 10.6 Å². The molecule has 0 unspecified atom stereocenters. The molecule has 1 aliphatic carbocycles. The molecular formula is C31H35N3O9. The SMILES string of the molecule is O=C(CCNC(=O)[C@@]12C[C@H]3OC(=O)[C@@H]1N(Cc1ccc(C=CCc4ccccc4O)cc1)O[C@@H]2[C@H]1OCO[C@H]13)NCCO. The van der Waals surface area contributed by atoms with E-state index in [1.54, 1.807) is 12.1 Å². The van der Waals surface area contributed by atoms with Crippen LogP contribution in [-0.4, -0.2) is 90.0 Å². The first-order valence-electron chi connectivity index (χ1n) is 14.5. The van der Waals surface area contributed by atoms with E-state index in [1.165, 1.54) is 5.06 Å². The molecular weight excluding hydrogens is 558 g/mol. The molecule has 4 aliphatic rings. The lowest BCUT2D eigenvalue weighted by Crippen LogP contribution is -2.69. The largest absolute Gasteiger partial charge is 0.508 e. The highest BCUT2D eigenvalue weighted by Gasteiger charge is 2.74. The number of phenolic OH excluding ortho intramolecular Hbond substituents is 1. The number of phenols is 1. The topological polar surface area (TPSA) is 156 Å². The quantitative estimate of drug-likeness (QED) is 0.275. The first kappa shape index (κ1) is 29.3. The molecule has 6 rings (SSSR count). The van der Waals surface area contributed by atoms with E-state index in [4.69, 9.17) is 24.2 Å². The molecule has 3 heterocycles. The van der Waals surface area contributed by atoms with Gasteiger partial charge in [-0.05, 0) is 29.2 Å². The third kappa shape index (κ3) is 5.64. The van der Waals surface area contributed by atoms with Gasteiger partial charge in [0.25, 0.3) is 0 Å². The maximum absolute atomic E-state index is 13.9. The van der Waals surface area contributed by atoms with E-state index in [-0.39, 0.29) is 57.5 Å². The second-order valence-corrected chi connectivity index (χ2v) is 11.2. The van der Waals surface area contributed by atoms with Crippen LogP contribution in [0, 0.1) is 5.41 Å². The number of esters is 1. The minimum atomic E-state index is -1.29. The summed E-state index contributed by atoms with van der Waals surface area (Å²) in [5, 5.41) is 25.8. The Morgan fingerprint density at radius 1 is 1.05 bits per heavy atom. The van der Waals surface area contributed by atoms with Crippen LogP contribution in [0.2, 0.25) is 0 Å². The number of para-hydroxylation sites is 1. The van der Waals surface area contributed by atoms with Crippen molar-refractivity contribution in [3.05, 3.63) is 71.3 Å². The highest BCUT2D eigenvalue weighted by molar-refractivity contribution is 5.93. The maximum atomic E-state index is 13.9. The number of hydrogen-bond donors (Lipinski definition) is 4. The monoisotopic (exact) mass is 593 g/mol. The molecule has 3 aliphatic heterocycles. The smallest absolute Gasteiger partial charge is 0.327 e.